The van der Waals surface area contributed by atoms with Gasteiger partial charge in [0.15, 0.2) is 0 Å². The van der Waals surface area contributed by atoms with Crippen molar-refractivity contribution in [1.82, 2.24) is 44.7 Å². The molecule has 6 rings (SSSR count). The van der Waals surface area contributed by atoms with Crippen LogP contribution in [0.15, 0.2) is 59.9 Å². The lowest BCUT2D eigenvalue weighted by atomic mass is 10.1. The van der Waals surface area contributed by atoms with E-state index in [-0.39, 0.29) is 17.3 Å². The maximum Gasteiger partial charge on any atom is 0.354 e. The number of benzene rings is 1. The van der Waals surface area contributed by atoms with Crippen LogP contribution in [0.3, 0.4) is 0 Å². The van der Waals surface area contributed by atoms with Gasteiger partial charge in [-0.1, -0.05) is 11.6 Å². The highest BCUT2D eigenvalue weighted by molar-refractivity contribution is 6.31. The molecule has 4 aromatic heterocycles. The summed E-state index contributed by atoms with van der Waals surface area (Å²) in [5.41, 5.74) is 2.72. The number of hydrogen-bond donors (Lipinski definition) is 2. The van der Waals surface area contributed by atoms with Gasteiger partial charge in [-0.15, -0.1) is 5.10 Å². The SMILES string of the molecule is O=C(O)c1cc(-c2cnc([C@@H]3CCc4nc(-c5cc(Cl)ccc5-n5cnnn5)cc(=O)n43)[nH]2)ccn1. The first-order chi connectivity index (χ1) is 17.5. The second-order valence-electron chi connectivity index (χ2n) is 8.15. The molecule has 0 radical (unpaired) electrons. The number of aromatic nitrogens is 9. The lowest BCUT2D eigenvalue weighted by Gasteiger charge is -2.14. The fourth-order valence-electron chi connectivity index (χ4n) is 4.39. The van der Waals surface area contributed by atoms with E-state index in [1.54, 1.807) is 35.0 Å². The van der Waals surface area contributed by atoms with Gasteiger partial charge in [-0.05, 0) is 47.2 Å². The van der Waals surface area contributed by atoms with Crippen LogP contribution < -0.4 is 5.56 Å². The predicted octanol–water partition coefficient (Wildman–Crippen LogP) is 2.56. The number of imidazole rings is 1. The van der Waals surface area contributed by atoms with Crippen LogP contribution in [0.5, 0.6) is 0 Å². The Morgan fingerprint density at radius 3 is 2.86 bits per heavy atom. The first-order valence-corrected chi connectivity index (χ1v) is 11.3. The lowest BCUT2D eigenvalue weighted by molar-refractivity contribution is 0.0690. The van der Waals surface area contributed by atoms with Crippen molar-refractivity contribution in [1.29, 1.82) is 0 Å². The van der Waals surface area contributed by atoms with Crippen molar-refractivity contribution in [3.8, 4) is 28.2 Å². The summed E-state index contributed by atoms with van der Waals surface area (Å²) in [5, 5.41) is 21.0. The summed E-state index contributed by atoms with van der Waals surface area (Å²) in [5.74, 6) is 0.101. The minimum Gasteiger partial charge on any atom is -0.477 e. The number of rotatable bonds is 5. The van der Waals surface area contributed by atoms with Crippen molar-refractivity contribution in [2.45, 2.75) is 18.9 Å². The van der Waals surface area contributed by atoms with Crippen LogP contribution in [0.1, 0.15) is 34.6 Å². The number of tetrazole rings is 1. The van der Waals surface area contributed by atoms with Gasteiger partial charge in [-0.2, -0.15) is 4.68 Å². The molecule has 1 aliphatic rings. The molecule has 12 nitrogen and oxygen atoms in total. The zero-order valence-corrected chi connectivity index (χ0v) is 19.2. The number of carboxylic acids is 1. The van der Waals surface area contributed by atoms with Crippen molar-refractivity contribution < 1.29 is 9.90 Å². The molecule has 0 saturated carbocycles. The summed E-state index contributed by atoms with van der Waals surface area (Å²) in [4.78, 5) is 40.9. The standard InChI is InChI=1S/C23H16ClN9O3/c24-13-1-2-18(32-11-27-30-31-32)14(8-13)15-9-21(34)33-19(3-4-20(33)28-15)22-26-10-17(29-22)12-5-6-25-16(7-12)23(35)36/h1-2,5-11,19H,3-4H2,(H,26,29)(H,35,36)/t19-/m0/s1. The number of fused-ring (bicyclic) bond motifs is 1. The fourth-order valence-corrected chi connectivity index (χ4v) is 4.57. The molecular formula is C23H16ClN9O3. The molecule has 0 spiro atoms. The maximum atomic E-state index is 13.3. The zero-order chi connectivity index (χ0) is 24.8. The highest BCUT2D eigenvalue weighted by Crippen LogP contribution is 2.32. The number of nitrogens with zero attached hydrogens (tertiary/aromatic N) is 8. The number of halogens is 1. The van der Waals surface area contributed by atoms with E-state index in [2.05, 4.69) is 30.5 Å². The predicted molar refractivity (Wildman–Crippen MR) is 127 cm³/mol. The number of hydrogen-bond acceptors (Lipinski definition) is 8. The smallest absolute Gasteiger partial charge is 0.354 e. The molecule has 0 aliphatic carbocycles. The van der Waals surface area contributed by atoms with E-state index < -0.39 is 5.97 Å². The second kappa shape index (κ2) is 8.50. The number of H-pyrrole nitrogens is 1. The normalized spacial score (nSPS) is 14.6. The van der Waals surface area contributed by atoms with Gasteiger partial charge in [0.05, 0.1) is 29.3 Å². The Labute approximate surface area is 207 Å². The number of carbonyl (C=O) groups is 1. The molecule has 1 aliphatic heterocycles. The third-order valence-electron chi connectivity index (χ3n) is 6.01. The van der Waals surface area contributed by atoms with Gasteiger partial charge < -0.3 is 10.1 Å². The van der Waals surface area contributed by atoms with Gasteiger partial charge in [-0.25, -0.2) is 19.7 Å². The third kappa shape index (κ3) is 3.73. The first kappa shape index (κ1) is 21.8. The molecule has 5 aromatic rings. The number of pyridine rings is 1. The molecule has 1 atom stereocenters. The van der Waals surface area contributed by atoms with E-state index in [4.69, 9.17) is 16.6 Å². The Morgan fingerprint density at radius 2 is 2.06 bits per heavy atom. The van der Waals surface area contributed by atoms with Crippen molar-refractivity contribution in [2.75, 3.05) is 0 Å². The summed E-state index contributed by atoms with van der Waals surface area (Å²) in [6.45, 7) is 0. The molecule has 5 heterocycles. The van der Waals surface area contributed by atoms with Crippen molar-refractivity contribution in [3.63, 3.8) is 0 Å². The molecule has 0 unspecified atom stereocenters. The summed E-state index contributed by atoms with van der Waals surface area (Å²) < 4.78 is 3.11. The highest BCUT2D eigenvalue weighted by Gasteiger charge is 2.29. The molecular weight excluding hydrogens is 486 g/mol. The van der Waals surface area contributed by atoms with Crippen molar-refractivity contribution >= 4 is 17.6 Å². The van der Waals surface area contributed by atoms with Crippen LogP contribution in [0, 0.1) is 0 Å². The summed E-state index contributed by atoms with van der Waals surface area (Å²) in [6, 6.07) is 9.50. The summed E-state index contributed by atoms with van der Waals surface area (Å²) in [6.07, 6.45) is 5.71. The summed E-state index contributed by atoms with van der Waals surface area (Å²) >= 11 is 6.25. The second-order valence-corrected chi connectivity index (χ2v) is 8.59. The Kier molecular flexibility index (Phi) is 5.15. The van der Waals surface area contributed by atoms with Crippen LogP contribution in [-0.2, 0) is 6.42 Å². The number of aromatic carboxylic acids is 1. The Balaban J connectivity index is 1.37. The van der Waals surface area contributed by atoms with Gasteiger partial charge in [0, 0.05) is 34.8 Å². The summed E-state index contributed by atoms with van der Waals surface area (Å²) in [7, 11) is 0. The molecule has 2 N–H and O–H groups in total. The van der Waals surface area contributed by atoms with Gasteiger partial charge in [0.25, 0.3) is 5.56 Å². The van der Waals surface area contributed by atoms with Gasteiger partial charge in [0.1, 0.15) is 23.7 Å². The topological polar surface area (TPSA) is 157 Å². The number of carboxylic acid groups (broad SMARTS) is 1. The molecule has 0 bridgehead atoms. The van der Waals surface area contributed by atoms with E-state index >= 15 is 0 Å². The third-order valence-corrected chi connectivity index (χ3v) is 6.24. The van der Waals surface area contributed by atoms with E-state index in [9.17, 15) is 14.7 Å². The number of aryl methyl sites for hydroxylation is 1. The maximum absolute atomic E-state index is 13.3. The van der Waals surface area contributed by atoms with Crippen molar-refractivity contribution in [3.05, 3.63) is 87.8 Å². The molecule has 1 aromatic carbocycles. The molecule has 0 amide bonds. The zero-order valence-electron chi connectivity index (χ0n) is 18.4. The Hall–Kier alpha value is -4.71. The number of aromatic amines is 1. The quantitative estimate of drug-likeness (QED) is 0.369. The van der Waals surface area contributed by atoms with Gasteiger partial charge in [-0.3, -0.25) is 9.36 Å². The minimum absolute atomic E-state index is 0.0649. The lowest BCUT2D eigenvalue weighted by Crippen LogP contribution is -2.25. The monoisotopic (exact) mass is 501 g/mol. The van der Waals surface area contributed by atoms with Crippen LogP contribution in [-0.4, -0.2) is 55.8 Å². The van der Waals surface area contributed by atoms with Gasteiger partial charge in [0.2, 0.25) is 0 Å². The average Bonchev–Trinajstić information content (AvgIpc) is 3.64. The fraction of sp³-hybridized carbons (Fsp3) is 0.130. The van der Waals surface area contributed by atoms with Crippen LogP contribution in [0.2, 0.25) is 5.02 Å². The van der Waals surface area contributed by atoms with Gasteiger partial charge >= 0.3 is 5.97 Å². The molecule has 0 fully saturated rings. The van der Waals surface area contributed by atoms with Crippen LogP contribution in [0.25, 0.3) is 28.2 Å². The van der Waals surface area contributed by atoms with Crippen LogP contribution >= 0.6 is 11.6 Å². The Bertz CT molecular complexity index is 1680. The molecule has 178 valence electrons. The average molecular weight is 502 g/mol. The van der Waals surface area contributed by atoms with Crippen molar-refractivity contribution in [2.24, 2.45) is 0 Å². The van der Waals surface area contributed by atoms with E-state index in [0.717, 1.165) is 0 Å². The van der Waals surface area contributed by atoms with E-state index in [0.29, 0.717) is 57.7 Å². The molecule has 0 saturated heterocycles. The van der Waals surface area contributed by atoms with Crippen LogP contribution in [0.4, 0.5) is 0 Å². The molecule has 36 heavy (non-hydrogen) atoms. The first-order valence-electron chi connectivity index (χ1n) is 10.9. The molecule has 13 heteroatoms. The van der Waals surface area contributed by atoms with E-state index in [1.807, 2.05) is 0 Å². The minimum atomic E-state index is -1.11. The highest BCUT2D eigenvalue weighted by atomic mass is 35.5. The largest absolute Gasteiger partial charge is 0.477 e. The Morgan fingerprint density at radius 1 is 1.17 bits per heavy atom. The van der Waals surface area contributed by atoms with E-state index in [1.165, 1.54) is 29.3 Å². The number of nitrogens with one attached hydrogen (secondary N) is 1.